The highest BCUT2D eigenvalue weighted by molar-refractivity contribution is 6.01. The lowest BCUT2D eigenvalue weighted by Gasteiger charge is -2.20. The van der Waals surface area contributed by atoms with Gasteiger partial charge in [0.05, 0.1) is 19.6 Å². The molecule has 3 heterocycles. The number of nitrogens with zero attached hydrogens (tertiary/aromatic N) is 4. The Bertz CT molecular complexity index is 2210. The fourth-order valence-corrected chi connectivity index (χ4v) is 5.56. The molecular weight excluding hydrogens is 600 g/mol. The third kappa shape index (κ3) is 6.10. The van der Waals surface area contributed by atoms with Gasteiger partial charge in [-0.2, -0.15) is 9.78 Å². The van der Waals surface area contributed by atoms with Crippen LogP contribution >= 0.6 is 0 Å². The maximum Gasteiger partial charge on any atom is 0.302 e. The van der Waals surface area contributed by atoms with Crippen LogP contribution in [-0.2, 0) is 32.3 Å². The smallest absolute Gasteiger partial charge is 0.302 e. The molecule has 0 saturated carbocycles. The maximum absolute atomic E-state index is 13.9. The molecule has 6 aromatic rings. The zero-order valence-corrected chi connectivity index (χ0v) is 26.1. The normalized spacial score (nSPS) is 11.0. The predicted molar refractivity (Wildman–Crippen MR) is 175 cm³/mol. The van der Waals surface area contributed by atoms with Gasteiger partial charge in [-0.3, -0.25) is 19.4 Å². The van der Waals surface area contributed by atoms with Crippen LogP contribution in [0.25, 0.3) is 49.7 Å². The van der Waals surface area contributed by atoms with E-state index in [-0.39, 0.29) is 24.6 Å². The van der Waals surface area contributed by atoms with E-state index >= 15 is 0 Å². The van der Waals surface area contributed by atoms with E-state index in [1.807, 2.05) is 42.5 Å². The van der Waals surface area contributed by atoms with Crippen LogP contribution in [0.5, 0.6) is 11.5 Å². The molecule has 0 atom stereocenters. The van der Waals surface area contributed by atoms with Gasteiger partial charge in [-0.15, -0.1) is 0 Å². The number of hydrogen-bond acceptors (Lipinski definition) is 10. The second kappa shape index (κ2) is 13.1. The van der Waals surface area contributed by atoms with Crippen molar-refractivity contribution >= 4 is 33.5 Å². The van der Waals surface area contributed by atoms with Crippen molar-refractivity contribution in [2.45, 2.75) is 27.1 Å². The molecule has 236 valence electrons. The lowest BCUT2D eigenvalue weighted by molar-refractivity contribution is -0.143. The minimum absolute atomic E-state index is 0.0681. The number of carbonyl (C=O) groups excluding carboxylic acids is 2. The number of rotatable bonds is 9. The molecule has 0 saturated heterocycles. The molecule has 0 radical (unpaired) electrons. The molecule has 47 heavy (non-hydrogen) atoms. The Labute approximate surface area is 269 Å². The molecule has 11 nitrogen and oxygen atoms in total. The summed E-state index contributed by atoms with van der Waals surface area (Å²) in [4.78, 5) is 46.6. The highest BCUT2D eigenvalue weighted by atomic mass is 16.5. The first-order chi connectivity index (χ1) is 22.8. The van der Waals surface area contributed by atoms with Crippen molar-refractivity contribution in [1.29, 1.82) is 0 Å². The van der Waals surface area contributed by atoms with Crippen molar-refractivity contribution in [3.05, 3.63) is 107 Å². The Hall–Kier alpha value is -6.10. The van der Waals surface area contributed by atoms with Gasteiger partial charge in [0.15, 0.2) is 17.3 Å². The van der Waals surface area contributed by atoms with Crippen LogP contribution in [0.15, 0.2) is 90.1 Å². The Kier molecular flexibility index (Phi) is 8.61. The molecule has 0 spiro atoms. The number of aromatic nitrogens is 4. The quantitative estimate of drug-likeness (QED) is 0.180. The lowest BCUT2D eigenvalue weighted by Crippen LogP contribution is -2.23. The van der Waals surface area contributed by atoms with Gasteiger partial charge in [0.1, 0.15) is 18.9 Å². The van der Waals surface area contributed by atoms with Crippen molar-refractivity contribution in [3.63, 3.8) is 0 Å². The van der Waals surface area contributed by atoms with Crippen LogP contribution in [0.3, 0.4) is 0 Å². The maximum atomic E-state index is 13.9. The third-order valence-corrected chi connectivity index (χ3v) is 7.69. The van der Waals surface area contributed by atoms with Gasteiger partial charge in [0, 0.05) is 49.0 Å². The van der Waals surface area contributed by atoms with E-state index in [2.05, 4.69) is 9.97 Å². The Morgan fingerprint density at radius 1 is 0.766 bits per heavy atom. The van der Waals surface area contributed by atoms with E-state index in [0.717, 1.165) is 16.3 Å². The number of carbonyl (C=O) groups is 2. The van der Waals surface area contributed by atoms with Gasteiger partial charge < -0.3 is 18.9 Å². The summed E-state index contributed by atoms with van der Waals surface area (Å²) in [5.74, 6) is 0.306. The molecule has 3 aromatic carbocycles. The number of fused-ring (bicyclic) bond motifs is 2. The van der Waals surface area contributed by atoms with Crippen LogP contribution in [-0.4, -0.2) is 45.9 Å². The zero-order chi connectivity index (χ0) is 33.1. The number of hydrogen-bond donors (Lipinski definition) is 0. The highest BCUT2D eigenvalue weighted by Gasteiger charge is 2.21. The molecule has 0 N–H and O–H groups in total. The second-order valence-corrected chi connectivity index (χ2v) is 10.6. The van der Waals surface area contributed by atoms with Crippen molar-refractivity contribution < 1.29 is 28.5 Å². The van der Waals surface area contributed by atoms with E-state index in [1.54, 1.807) is 57.1 Å². The minimum atomic E-state index is -0.480. The van der Waals surface area contributed by atoms with Crippen molar-refractivity contribution in [2.75, 3.05) is 14.2 Å². The van der Waals surface area contributed by atoms with E-state index in [0.29, 0.717) is 50.2 Å². The van der Waals surface area contributed by atoms with Gasteiger partial charge >= 0.3 is 11.9 Å². The standard InChI is InChI=1S/C36H30N4O7/c1-21(41)46-19-26-14-25-15-31(44-3)32(45-4)17-29(25)34(30(26)20-47-22(2)42)23-11-13-38-33(16-23)40-36(43)28-10-6-5-9-27(28)35(39-40)24-8-7-12-37-18-24/h5-18H,19-20H2,1-4H3. The molecule has 0 aliphatic carbocycles. The summed E-state index contributed by atoms with van der Waals surface area (Å²) in [6.07, 6.45) is 4.94. The second-order valence-electron chi connectivity index (χ2n) is 10.6. The number of esters is 2. The van der Waals surface area contributed by atoms with Crippen molar-refractivity contribution in [2.24, 2.45) is 0 Å². The molecule has 6 rings (SSSR count). The Balaban J connectivity index is 1.64. The average molecular weight is 631 g/mol. The van der Waals surface area contributed by atoms with Crippen LogP contribution < -0.4 is 15.0 Å². The van der Waals surface area contributed by atoms with Gasteiger partial charge in [-0.05, 0) is 76.0 Å². The van der Waals surface area contributed by atoms with E-state index in [4.69, 9.17) is 24.0 Å². The number of ether oxygens (including phenoxy) is 4. The molecular formula is C36H30N4O7. The van der Waals surface area contributed by atoms with Gasteiger partial charge in [-0.25, -0.2) is 4.98 Å². The topological polar surface area (TPSA) is 132 Å². The highest BCUT2D eigenvalue weighted by Crippen LogP contribution is 2.41. The predicted octanol–water partition coefficient (Wildman–Crippen LogP) is 5.81. The monoisotopic (exact) mass is 630 g/mol. The summed E-state index contributed by atoms with van der Waals surface area (Å²) in [6, 6.07) is 20.0. The zero-order valence-electron chi connectivity index (χ0n) is 26.1. The van der Waals surface area contributed by atoms with E-state index < -0.39 is 11.9 Å². The largest absolute Gasteiger partial charge is 0.493 e. The molecule has 0 aliphatic rings. The molecule has 0 aliphatic heterocycles. The summed E-state index contributed by atoms with van der Waals surface area (Å²) in [6.45, 7) is 2.47. The first-order valence-electron chi connectivity index (χ1n) is 14.7. The number of methoxy groups -OCH3 is 2. The van der Waals surface area contributed by atoms with Crippen molar-refractivity contribution in [1.82, 2.24) is 19.7 Å². The molecule has 0 amide bonds. The third-order valence-electron chi connectivity index (χ3n) is 7.69. The summed E-state index contributed by atoms with van der Waals surface area (Å²) < 4.78 is 23.4. The van der Waals surface area contributed by atoms with Crippen LogP contribution in [0, 0.1) is 0 Å². The SMILES string of the molecule is COc1cc2cc(COC(C)=O)c(COC(C)=O)c(-c3ccnc(-n4nc(-c5cccnc5)c5ccccc5c4=O)c3)c2cc1OC. The number of benzene rings is 3. The van der Waals surface area contributed by atoms with Crippen molar-refractivity contribution in [3.8, 4) is 39.7 Å². The Morgan fingerprint density at radius 2 is 1.49 bits per heavy atom. The minimum Gasteiger partial charge on any atom is -0.493 e. The number of pyridine rings is 2. The van der Waals surface area contributed by atoms with Gasteiger partial charge in [-0.1, -0.05) is 18.2 Å². The molecule has 11 heteroatoms. The summed E-state index contributed by atoms with van der Waals surface area (Å²) in [7, 11) is 3.09. The summed E-state index contributed by atoms with van der Waals surface area (Å²) in [5, 5.41) is 7.42. The summed E-state index contributed by atoms with van der Waals surface area (Å²) in [5.41, 5.74) is 3.49. The van der Waals surface area contributed by atoms with Crippen LogP contribution in [0.1, 0.15) is 25.0 Å². The van der Waals surface area contributed by atoms with Crippen LogP contribution in [0.4, 0.5) is 0 Å². The molecule has 0 fully saturated rings. The fourth-order valence-electron chi connectivity index (χ4n) is 5.56. The first-order valence-corrected chi connectivity index (χ1v) is 14.7. The first kappa shape index (κ1) is 30.9. The van der Waals surface area contributed by atoms with E-state index in [9.17, 15) is 14.4 Å². The molecule has 3 aromatic heterocycles. The van der Waals surface area contributed by atoms with Crippen LogP contribution in [0.2, 0.25) is 0 Å². The Morgan fingerprint density at radius 3 is 2.19 bits per heavy atom. The lowest BCUT2D eigenvalue weighted by atomic mass is 9.90. The fraction of sp³-hybridized carbons (Fsp3) is 0.167. The summed E-state index contributed by atoms with van der Waals surface area (Å²) >= 11 is 0. The van der Waals surface area contributed by atoms with Gasteiger partial charge in [0.2, 0.25) is 0 Å². The molecule has 0 unspecified atom stereocenters. The van der Waals surface area contributed by atoms with E-state index in [1.165, 1.54) is 18.5 Å². The molecule has 0 bridgehead atoms. The van der Waals surface area contributed by atoms with Gasteiger partial charge in [0.25, 0.3) is 5.56 Å². The average Bonchev–Trinajstić information content (AvgIpc) is 3.09.